The van der Waals surface area contributed by atoms with Gasteiger partial charge in [0.1, 0.15) is 0 Å². The van der Waals surface area contributed by atoms with Crippen LogP contribution < -0.4 is 5.32 Å². The maximum Gasteiger partial charge on any atom is 0.414 e. The number of nitrogens with one attached hydrogen (secondary N) is 1. The fourth-order valence-electron chi connectivity index (χ4n) is 4.23. The zero-order chi connectivity index (χ0) is 22.6. The van der Waals surface area contributed by atoms with Crippen molar-refractivity contribution in [3.8, 4) is 11.3 Å². The number of aliphatic imine (C=N–C) groups is 1. The summed E-state index contributed by atoms with van der Waals surface area (Å²) in [6.45, 7) is 5.67. The lowest BCUT2D eigenvalue weighted by Gasteiger charge is -2.33. The summed E-state index contributed by atoms with van der Waals surface area (Å²) in [5.74, 6) is 0. The summed E-state index contributed by atoms with van der Waals surface area (Å²) in [7, 11) is 0. The highest BCUT2D eigenvalue weighted by Crippen LogP contribution is 2.48. The van der Waals surface area contributed by atoms with Crippen molar-refractivity contribution in [1.29, 1.82) is 0 Å². The average Bonchev–Trinajstić information content (AvgIpc) is 3.21. The number of hydrogen-bond donors (Lipinski definition) is 1. The largest absolute Gasteiger partial charge is 0.414 e. The van der Waals surface area contributed by atoms with Gasteiger partial charge in [-0.2, -0.15) is 13.2 Å². The predicted molar refractivity (Wildman–Crippen MR) is 119 cm³/mol. The van der Waals surface area contributed by atoms with E-state index in [1.165, 1.54) is 0 Å². The first-order valence-electron chi connectivity index (χ1n) is 9.83. The van der Waals surface area contributed by atoms with E-state index >= 15 is 0 Å². The van der Waals surface area contributed by atoms with Crippen LogP contribution in [0.2, 0.25) is 10.0 Å². The molecule has 2 aromatic rings. The second kappa shape index (κ2) is 7.76. The highest BCUT2D eigenvalue weighted by Gasteiger charge is 2.52. The smallest absolute Gasteiger partial charge is 0.304 e. The lowest BCUT2D eigenvalue weighted by Crippen LogP contribution is -2.48. The van der Waals surface area contributed by atoms with E-state index in [4.69, 9.17) is 28.2 Å². The van der Waals surface area contributed by atoms with E-state index in [1.807, 2.05) is 19.1 Å². The number of halogens is 5. The molecule has 8 heteroatoms. The number of allylic oxidation sites excluding steroid dienone is 1. The van der Waals surface area contributed by atoms with Gasteiger partial charge in [0.25, 0.3) is 0 Å². The Balaban J connectivity index is 1.74. The van der Waals surface area contributed by atoms with Gasteiger partial charge < -0.3 is 5.32 Å². The second-order valence-electron chi connectivity index (χ2n) is 7.80. The molecule has 0 saturated carbocycles. The fourth-order valence-corrected chi connectivity index (χ4v) is 4.74. The first-order valence-corrected chi connectivity index (χ1v) is 10.6. The van der Waals surface area contributed by atoms with E-state index in [2.05, 4.69) is 10.3 Å². The van der Waals surface area contributed by atoms with Gasteiger partial charge in [-0.05, 0) is 61.9 Å². The molecule has 0 amide bonds. The number of pyridine rings is 1. The van der Waals surface area contributed by atoms with Crippen LogP contribution in [0.3, 0.4) is 0 Å². The third kappa shape index (κ3) is 3.81. The topological polar surface area (TPSA) is 37.3 Å². The zero-order valence-electron chi connectivity index (χ0n) is 17.2. The maximum atomic E-state index is 13.7. The van der Waals surface area contributed by atoms with Gasteiger partial charge in [-0.1, -0.05) is 36.2 Å². The van der Waals surface area contributed by atoms with Crippen molar-refractivity contribution in [3.05, 3.63) is 74.6 Å². The minimum atomic E-state index is -4.43. The van der Waals surface area contributed by atoms with Gasteiger partial charge in [-0.25, -0.2) is 4.98 Å². The normalized spacial score (nSPS) is 20.8. The van der Waals surface area contributed by atoms with Crippen LogP contribution in [0.25, 0.3) is 11.3 Å². The number of likely N-dealkylation sites (N-methyl/N-ethyl adjacent to an activating group) is 1. The third-order valence-corrected chi connectivity index (χ3v) is 6.29. The van der Waals surface area contributed by atoms with Gasteiger partial charge in [0.15, 0.2) is 0 Å². The maximum absolute atomic E-state index is 13.7. The fraction of sp³-hybridized carbons (Fsp3) is 0.304. The van der Waals surface area contributed by atoms with E-state index in [9.17, 15) is 13.2 Å². The van der Waals surface area contributed by atoms with Crippen LogP contribution in [0.1, 0.15) is 31.5 Å². The average molecular weight is 466 g/mol. The minimum absolute atomic E-state index is 0.292. The quantitative estimate of drug-likeness (QED) is 0.546. The number of aryl methyl sites for hydroxylation is 1. The Morgan fingerprint density at radius 2 is 1.90 bits per heavy atom. The van der Waals surface area contributed by atoms with Crippen LogP contribution >= 0.6 is 23.2 Å². The SMILES string of the molecule is CCNC1(C)C(C(F)(F)F)=CC2=C1CC(c1nc(-c3ccc(Cl)cc3Cl)ccc1C)=N2. The monoisotopic (exact) mass is 465 g/mol. The lowest BCUT2D eigenvalue weighted by atomic mass is 9.84. The summed E-state index contributed by atoms with van der Waals surface area (Å²) >= 11 is 12.3. The van der Waals surface area contributed by atoms with Gasteiger partial charge in [0, 0.05) is 17.0 Å². The lowest BCUT2D eigenvalue weighted by molar-refractivity contribution is -0.0993. The molecule has 3 nitrogen and oxygen atoms in total. The molecule has 162 valence electrons. The van der Waals surface area contributed by atoms with Crippen LogP contribution in [-0.4, -0.2) is 29.0 Å². The summed E-state index contributed by atoms with van der Waals surface area (Å²) in [5.41, 5.74) is 2.63. The summed E-state index contributed by atoms with van der Waals surface area (Å²) in [5, 5.41) is 4.01. The van der Waals surface area contributed by atoms with Crippen molar-refractivity contribution in [1.82, 2.24) is 10.3 Å². The Kier molecular flexibility index (Phi) is 5.53. The Bertz CT molecular complexity index is 1170. The molecule has 0 saturated heterocycles. The van der Waals surface area contributed by atoms with Crippen molar-refractivity contribution < 1.29 is 13.2 Å². The minimum Gasteiger partial charge on any atom is -0.304 e. The molecule has 31 heavy (non-hydrogen) atoms. The van der Waals surface area contributed by atoms with Crippen LogP contribution in [0.15, 0.2) is 58.2 Å². The molecule has 1 aliphatic carbocycles. The van der Waals surface area contributed by atoms with Crippen molar-refractivity contribution in [2.45, 2.75) is 38.9 Å². The molecule has 1 aromatic heterocycles. The molecule has 1 aromatic carbocycles. The Morgan fingerprint density at radius 3 is 2.55 bits per heavy atom. The van der Waals surface area contributed by atoms with Gasteiger partial charge in [0.05, 0.1) is 38.9 Å². The molecule has 1 atom stereocenters. The molecule has 0 radical (unpaired) electrons. The van der Waals surface area contributed by atoms with Gasteiger partial charge in [0.2, 0.25) is 0 Å². The number of alkyl halides is 3. The summed E-state index contributed by atoms with van der Waals surface area (Å²) < 4.78 is 41.0. The third-order valence-electron chi connectivity index (χ3n) is 5.75. The van der Waals surface area contributed by atoms with E-state index in [1.54, 1.807) is 32.0 Å². The van der Waals surface area contributed by atoms with Crippen LogP contribution in [0.4, 0.5) is 13.2 Å². The number of benzene rings is 1. The van der Waals surface area contributed by atoms with E-state index in [-0.39, 0.29) is 0 Å². The molecule has 0 spiro atoms. The van der Waals surface area contributed by atoms with E-state index in [0.29, 0.717) is 51.4 Å². The van der Waals surface area contributed by atoms with Crippen molar-refractivity contribution in [2.75, 3.05) is 6.54 Å². The van der Waals surface area contributed by atoms with Gasteiger partial charge in [-0.15, -0.1) is 0 Å². The van der Waals surface area contributed by atoms with Crippen molar-refractivity contribution >= 4 is 28.9 Å². The summed E-state index contributed by atoms with van der Waals surface area (Å²) in [6.07, 6.45) is -2.99. The molecular formula is C23H20Cl2F3N3. The molecule has 2 heterocycles. The summed E-state index contributed by atoms with van der Waals surface area (Å²) in [6, 6.07) is 8.94. The Hall–Kier alpha value is -2.15. The van der Waals surface area contributed by atoms with Crippen LogP contribution in [-0.2, 0) is 0 Å². The molecule has 1 N–H and O–H groups in total. The molecule has 0 fully saturated rings. The van der Waals surface area contributed by atoms with Crippen molar-refractivity contribution in [2.24, 2.45) is 4.99 Å². The number of nitrogens with zero attached hydrogens (tertiary/aromatic N) is 2. The van der Waals surface area contributed by atoms with E-state index < -0.39 is 17.3 Å². The van der Waals surface area contributed by atoms with Crippen LogP contribution in [0, 0.1) is 6.92 Å². The molecule has 1 aliphatic heterocycles. The number of hydrogen-bond acceptors (Lipinski definition) is 3. The summed E-state index contributed by atoms with van der Waals surface area (Å²) in [4.78, 5) is 9.31. The highest BCUT2D eigenvalue weighted by atomic mass is 35.5. The highest BCUT2D eigenvalue weighted by molar-refractivity contribution is 6.36. The first kappa shape index (κ1) is 22.1. The standard InChI is InChI=1S/C23H20Cl2F3N3/c1-4-29-22(3)15-10-19(30-18(15)11-20(22)23(26,27)28)21-12(2)5-8-17(31-21)14-7-6-13(24)9-16(14)25/h5-9,11,29H,4,10H2,1-3H3. The predicted octanol–water partition coefficient (Wildman–Crippen LogP) is 6.68. The first-order chi connectivity index (χ1) is 14.5. The molecule has 4 rings (SSSR count). The van der Waals surface area contributed by atoms with Gasteiger partial charge in [-0.3, -0.25) is 4.99 Å². The van der Waals surface area contributed by atoms with Gasteiger partial charge >= 0.3 is 6.18 Å². The van der Waals surface area contributed by atoms with Crippen LogP contribution in [0.5, 0.6) is 0 Å². The number of rotatable bonds is 4. The van der Waals surface area contributed by atoms with E-state index in [0.717, 1.165) is 17.2 Å². The Morgan fingerprint density at radius 1 is 1.16 bits per heavy atom. The number of aromatic nitrogens is 1. The second-order valence-corrected chi connectivity index (χ2v) is 8.64. The molecule has 1 unspecified atom stereocenters. The Labute approximate surface area is 188 Å². The molecule has 2 aliphatic rings. The zero-order valence-corrected chi connectivity index (χ0v) is 18.7. The van der Waals surface area contributed by atoms with Crippen molar-refractivity contribution in [3.63, 3.8) is 0 Å². The molecular weight excluding hydrogens is 446 g/mol. The molecule has 0 bridgehead atoms.